The molecule has 0 bridgehead atoms. The van der Waals surface area contributed by atoms with E-state index in [0.29, 0.717) is 19.4 Å². The van der Waals surface area contributed by atoms with E-state index >= 15 is 0 Å². The zero-order valence-corrected chi connectivity index (χ0v) is 18.4. The van der Waals surface area contributed by atoms with Crippen LogP contribution in [0.25, 0.3) is 11.0 Å². The molecular weight excluding hydrogens is 425 g/mol. The number of carbonyl (C=O) groups is 1. The van der Waals surface area contributed by atoms with E-state index in [0.717, 1.165) is 59.3 Å². The molecule has 164 valence electrons. The molecule has 1 saturated heterocycles. The number of hydrogen-bond acceptors (Lipinski definition) is 5. The van der Waals surface area contributed by atoms with E-state index in [1.54, 1.807) is 23.5 Å². The van der Waals surface area contributed by atoms with Gasteiger partial charge in [-0.15, -0.1) is 11.3 Å². The van der Waals surface area contributed by atoms with E-state index in [-0.39, 0.29) is 11.7 Å². The Morgan fingerprint density at radius 2 is 1.88 bits per heavy atom. The first kappa shape index (κ1) is 20.6. The number of hydrogen-bond donors (Lipinski definition) is 1. The maximum absolute atomic E-state index is 13.1. The summed E-state index contributed by atoms with van der Waals surface area (Å²) in [5, 5.41) is 2.89. The molecule has 1 fully saturated rings. The number of aromatic nitrogens is 3. The van der Waals surface area contributed by atoms with Crippen molar-refractivity contribution in [3.8, 4) is 0 Å². The topological polar surface area (TPSA) is 65.1 Å². The zero-order chi connectivity index (χ0) is 21.9. The molecule has 4 aromatic rings. The maximum Gasteiger partial charge on any atom is 0.228 e. The number of carbonyl (C=O) groups excluding carboxylic acids is 1. The van der Waals surface area contributed by atoms with Crippen LogP contribution in [0.3, 0.4) is 0 Å². The quantitative estimate of drug-likeness (QED) is 0.500. The molecule has 0 atom stereocenters. The maximum atomic E-state index is 13.1. The third kappa shape index (κ3) is 4.65. The highest BCUT2D eigenvalue weighted by Crippen LogP contribution is 2.20. The largest absolute Gasteiger partial charge is 0.341 e. The Morgan fingerprint density at radius 3 is 2.72 bits per heavy atom. The molecule has 0 saturated carbocycles. The number of anilines is 1. The summed E-state index contributed by atoms with van der Waals surface area (Å²) in [6.45, 7) is 3.02. The number of para-hydroxylation sites is 2. The zero-order valence-electron chi connectivity index (χ0n) is 17.6. The Bertz CT molecular complexity index is 1190. The van der Waals surface area contributed by atoms with E-state index in [4.69, 9.17) is 4.98 Å². The second-order valence-electron chi connectivity index (χ2n) is 8.01. The van der Waals surface area contributed by atoms with Crippen molar-refractivity contribution in [3.05, 3.63) is 76.0 Å². The first-order valence-corrected chi connectivity index (χ1v) is 11.7. The molecule has 6 nitrogen and oxygen atoms in total. The summed E-state index contributed by atoms with van der Waals surface area (Å²) in [7, 11) is 0. The van der Waals surface area contributed by atoms with Gasteiger partial charge in [0.2, 0.25) is 11.9 Å². The van der Waals surface area contributed by atoms with Gasteiger partial charge in [0.25, 0.3) is 0 Å². The number of benzene rings is 2. The van der Waals surface area contributed by atoms with Crippen molar-refractivity contribution in [1.29, 1.82) is 0 Å². The number of amides is 1. The first-order valence-electron chi connectivity index (χ1n) is 10.8. The van der Waals surface area contributed by atoms with E-state index < -0.39 is 0 Å². The molecule has 8 heteroatoms. The van der Waals surface area contributed by atoms with Crippen LogP contribution in [-0.4, -0.2) is 51.9 Å². The number of imidazole rings is 1. The van der Waals surface area contributed by atoms with E-state index in [2.05, 4.69) is 14.9 Å². The summed E-state index contributed by atoms with van der Waals surface area (Å²) in [4.78, 5) is 29.8. The van der Waals surface area contributed by atoms with Crippen molar-refractivity contribution in [2.45, 2.75) is 19.3 Å². The molecule has 1 amide bonds. The van der Waals surface area contributed by atoms with Gasteiger partial charge in [-0.3, -0.25) is 4.79 Å². The third-order valence-corrected chi connectivity index (χ3v) is 6.62. The summed E-state index contributed by atoms with van der Waals surface area (Å²) in [5.74, 6) is 0.732. The minimum Gasteiger partial charge on any atom is -0.341 e. The second kappa shape index (κ2) is 9.08. The predicted molar refractivity (Wildman–Crippen MR) is 125 cm³/mol. The van der Waals surface area contributed by atoms with Crippen LogP contribution >= 0.6 is 11.3 Å². The van der Waals surface area contributed by atoms with Crippen LogP contribution in [0.5, 0.6) is 0 Å². The third-order valence-electron chi connectivity index (χ3n) is 5.73. The van der Waals surface area contributed by atoms with E-state index in [9.17, 15) is 9.18 Å². The lowest BCUT2D eigenvalue weighted by Crippen LogP contribution is -2.36. The van der Waals surface area contributed by atoms with Crippen LogP contribution in [0.15, 0.2) is 53.9 Å². The van der Waals surface area contributed by atoms with Gasteiger partial charge in [0.15, 0.2) is 0 Å². The lowest BCUT2D eigenvalue weighted by atomic mass is 10.1. The predicted octanol–water partition coefficient (Wildman–Crippen LogP) is 4.03. The fraction of sp³-hybridized carbons (Fsp3) is 0.292. The molecule has 2 aromatic heterocycles. The van der Waals surface area contributed by atoms with Crippen LogP contribution in [0.2, 0.25) is 0 Å². The van der Waals surface area contributed by atoms with Crippen molar-refractivity contribution in [2.24, 2.45) is 0 Å². The number of aromatic amines is 1. The van der Waals surface area contributed by atoms with Crippen molar-refractivity contribution in [2.75, 3.05) is 31.1 Å². The fourth-order valence-electron chi connectivity index (χ4n) is 4.02. The van der Waals surface area contributed by atoms with Gasteiger partial charge in [0.05, 0.1) is 28.2 Å². The monoisotopic (exact) mass is 449 g/mol. The average Bonchev–Trinajstić information content (AvgIpc) is 3.34. The summed E-state index contributed by atoms with van der Waals surface area (Å²) >= 11 is 1.54. The molecule has 0 spiro atoms. The van der Waals surface area contributed by atoms with Crippen LogP contribution in [0.1, 0.15) is 22.7 Å². The Balaban J connectivity index is 1.18. The molecule has 3 heterocycles. The molecule has 0 aliphatic carbocycles. The first-order chi connectivity index (χ1) is 15.6. The van der Waals surface area contributed by atoms with Crippen molar-refractivity contribution in [1.82, 2.24) is 19.9 Å². The smallest absolute Gasteiger partial charge is 0.228 e. The van der Waals surface area contributed by atoms with Crippen molar-refractivity contribution >= 4 is 34.2 Å². The summed E-state index contributed by atoms with van der Waals surface area (Å²) in [6, 6.07) is 14.5. The molecule has 0 unspecified atom stereocenters. The van der Waals surface area contributed by atoms with E-state index in [1.807, 2.05) is 34.5 Å². The Morgan fingerprint density at radius 1 is 1.03 bits per heavy atom. The van der Waals surface area contributed by atoms with Gasteiger partial charge in [0, 0.05) is 38.0 Å². The number of H-pyrrole nitrogens is 1. The molecule has 2 aromatic carbocycles. The Labute approximate surface area is 189 Å². The van der Waals surface area contributed by atoms with Gasteiger partial charge in [-0.05, 0) is 36.2 Å². The summed E-state index contributed by atoms with van der Waals surface area (Å²) < 4.78 is 13.1. The van der Waals surface area contributed by atoms with Crippen LogP contribution in [-0.2, 0) is 17.6 Å². The minimum atomic E-state index is -0.240. The number of halogens is 1. The summed E-state index contributed by atoms with van der Waals surface area (Å²) in [5.41, 5.74) is 3.80. The van der Waals surface area contributed by atoms with Crippen LogP contribution in [0.4, 0.5) is 10.3 Å². The lowest BCUT2D eigenvalue weighted by molar-refractivity contribution is -0.130. The van der Waals surface area contributed by atoms with Gasteiger partial charge in [-0.1, -0.05) is 24.3 Å². The van der Waals surface area contributed by atoms with Gasteiger partial charge in [0.1, 0.15) is 5.82 Å². The van der Waals surface area contributed by atoms with Crippen LogP contribution in [0, 0.1) is 5.82 Å². The second-order valence-corrected chi connectivity index (χ2v) is 8.95. The van der Waals surface area contributed by atoms with Gasteiger partial charge >= 0.3 is 0 Å². The number of rotatable bonds is 5. The highest BCUT2D eigenvalue weighted by molar-refractivity contribution is 7.09. The molecule has 5 rings (SSSR count). The minimum absolute atomic E-state index is 0.107. The number of nitrogens with one attached hydrogen (secondary N) is 1. The Kier molecular flexibility index (Phi) is 5.85. The fourth-order valence-corrected chi connectivity index (χ4v) is 4.85. The molecule has 1 aliphatic rings. The molecule has 1 N–H and O–H groups in total. The number of thiazole rings is 1. The molecular formula is C24H24FN5OS. The van der Waals surface area contributed by atoms with Crippen molar-refractivity contribution in [3.63, 3.8) is 0 Å². The molecule has 0 radical (unpaired) electrons. The standard InChI is InChI=1S/C24H24FN5OS/c25-18-8-6-17(7-9-18)14-22-26-19(16-32-22)15-23(31)29-10-3-11-30(13-12-29)24-27-20-4-1-2-5-21(20)28-24/h1-2,4-9,16H,3,10-15H2,(H,27,28). The van der Waals surface area contributed by atoms with Gasteiger partial charge in [-0.2, -0.15) is 0 Å². The van der Waals surface area contributed by atoms with Gasteiger partial charge in [-0.25, -0.2) is 14.4 Å². The van der Waals surface area contributed by atoms with Gasteiger partial charge < -0.3 is 14.8 Å². The highest BCUT2D eigenvalue weighted by Gasteiger charge is 2.21. The Hall–Kier alpha value is -3.26. The number of nitrogens with zero attached hydrogens (tertiary/aromatic N) is 4. The lowest BCUT2D eigenvalue weighted by Gasteiger charge is -2.21. The van der Waals surface area contributed by atoms with Crippen molar-refractivity contribution < 1.29 is 9.18 Å². The SMILES string of the molecule is O=C(Cc1csc(Cc2ccc(F)cc2)n1)N1CCCN(c2nc3ccccc3[nH]2)CC1. The van der Waals surface area contributed by atoms with Crippen LogP contribution < -0.4 is 4.90 Å². The highest BCUT2D eigenvalue weighted by atomic mass is 32.1. The molecule has 1 aliphatic heterocycles. The average molecular weight is 450 g/mol. The number of fused-ring (bicyclic) bond motifs is 1. The summed E-state index contributed by atoms with van der Waals surface area (Å²) in [6.07, 6.45) is 1.86. The normalized spacial score (nSPS) is 14.7. The van der Waals surface area contributed by atoms with E-state index in [1.165, 1.54) is 12.1 Å². The molecule has 32 heavy (non-hydrogen) atoms.